The van der Waals surface area contributed by atoms with Crippen LogP contribution in [0.4, 0.5) is 0 Å². The fourth-order valence-electron chi connectivity index (χ4n) is 3.39. The van der Waals surface area contributed by atoms with Crippen molar-refractivity contribution in [3.63, 3.8) is 0 Å². The molecule has 0 atom stereocenters. The van der Waals surface area contributed by atoms with Crippen LogP contribution in [-0.2, 0) is 6.54 Å². The van der Waals surface area contributed by atoms with Crippen molar-refractivity contribution in [2.45, 2.75) is 31.5 Å². The van der Waals surface area contributed by atoms with E-state index in [2.05, 4.69) is 10.2 Å². The number of nitrogens with one attached hydrogen (secondary N) is 1. The van der Waals surface area contributed by atoms with Crippen LogP contribution in [0.1, 0.15) is 28.8 Å². The van der Waals surface area contributed by atoms with Crippen LogP contribution in [-0.4, -0.2) is 50.3 Å². The van der Waals surface area contributed by atoms with Gasteiger partial charge in [-0.05, 0) is 42.7 Å². The lowest BCUT2D eigenvalue weighted by molar-refractivity contribution is 0.0140. The lowest BCUT2D eigenvalue weighted by Crippen LogP contribution is -2.53. The molecule has 6 heteroatoms. The summed E-state index contributed by atoms with van der Waals surface area (Å²) in [6, 6.07) is 13.8. The molecule has 2 aliphatic rings. The normalized spacial score (nSPS) is 16.9. The van der Waals surface area contributed by atoms with Gasteiger partial charge in [-0.25, -0.2) is 0 Å². The van der Waals surface area contributed by atoms with Crippen molar-refractivity contribution in [2.24, 2.45) is 0 Å². The van der Waals surface area contributed by atoms with Gasteiger partial charge < -0.3 is 19.5 Å². The molecule has 0 unspecified atom stereocenters. The Morgan fingerprint density at radius 1 is 1.04 bits per heavy atom. The summed E-state index contributed by atoms with van der Waals surface area (Å²) < 4.78 is 16.8. The molecule has 0 bridgehead atoms. The molecule has 1 aliphatic heterocycles. The van der Waals surface area contributed by atoms with Gasteiger partial charge in [0, 0.05) is 25.7 Å². The number of rotatable bonds is 8. The fraction of sp³-hybridized carbons (Fsp3) is 0.409. The Balaban J connectivity index is 1.32. The third kappa shape index (κ3) is 4.22. The van der Waals surface area contributed by atoms with Crippen LogP contribution < -0.4 is 19.5 Å². The van der Waals surface area contributed by atoms with Crippen LogP contribution in [0, 0.1) is 0 Å². The van der Waals surface area contributed by atoms with Crippen molar-refractivity contribution in [3.8, 4) is 17.2 Å². The number of carbonyl (C=O) groups excluding carboxylic acids is 1. The average Bonchev–Trinajstić information content (AvgIpc) is 3.50. The van der Waals surface area contributed by atoms with E-state index < -0.39 is 0 Å². The first-order valence-electron chi connectivity index (χ1n) is 9.66. The minimum Gasteiger partial charge on any atom is -0.493 e. The predicted octanol–water partition coefficient (Wildman–Crippen LogP) is 2.86. The van der Waals surface area contributed by atoms with Gasteiger partial charge in [0.1, 0.15) is 11.9 Å². The summed E-state index contributed by atoms with van der Waals surface area (Å²) in [7, 11) is 3.28. The molecule has 2 fully saturated rings. The van der Waals surface area contributed by atoms with Crippen molar-refractivity contribution in [1.82, 2.24) is 10.2 Å². The van der Waals surface area contributed by atoms with Crippen LogP contribution >= 0.6 is 0 Å². The second kappa shape index (κ2) is 8.10. The van der Waals surface area contributed by atoms with Crippen molar-refractivity contribution in [3.05, 3.63) is 53.6 Å². The molecule has 1 N–H and O–H groups in total. The molecule has 0 radical (unpaired) electrons. The first kappa shape index (κ1) is 18.6. The Morgan fingerprint density at radius 2 is 1.79 bits per heavy atom. The van der Waals surface area contributed by atoms with Crippen LogP contribution in [0.5, 0.6) is 17.2 Å². The van der Waals surface area contributed by atoms with E-state index in [1.54, 1.807) is 14.2 Å². The lowest BCUT2D eigenvalue weighted by atomic mass is 10.1. The van der Waals surface area contributed by atoms with Gasteiger partial charge in [0.2, 0.25) is 0 Å². The number of methoxy groups -OCH3 is 2. The first-order valence-corrected chi connectivity index (χ1v) is 9.66. The molecule has 1 saturated carbocycles. The lowest BCUT2D eigenvalue weighted by Gasteiger charge is -2.39. The van der Waals surface area contributed by atoms with Gasteiger partial charge in [-0.2, -0.15) is 0 Å². The van der Waals surface area contributed by atoms with Gasteiger partial charge in [0.15, 0.2) is 11.5 Å². The summed E-state index contributed by atoms with van der Waals surface area (Å²) in [6.07, 6.45) is 2.24. The van der Waals surface area contributed by atoms with Gasteiger partial charge in [-0.1, -0.05) is 18.2 Å². The van der Waals surface area contributed by atoms with Gasteiger partial charge in [-0.3, -0.25) is 9.69 Å². The Labute approximate surface area is 165 Å². The van der Waals surface area contributed by atoms with Gasteiger partial charge in [-0.15, -0.1) is 0 Å². The third-order valence-corrected chi connectivity index (χ3v) is 5.12. The Kier molecular flexibility index (Phi) is 5.39. The Bertz CT molecular complexity index is 844. The average molecular weight is 382 g/mol. The number of hydrogen-bond acceptors (Lipinski definition) is 5. The minimum atomic E-state index is -0.0420. The van der Waals surface area contributed by atoms with E-state index in [1.807, 2.05) is 42.5 Å². The summed E-state index contributed by atoms with van der Waals surface area (Å²) in [5.41, 5.74) is 1.79. The van der Waals surface area contributed by atoms with Crippen LogP contribution in [0.3, 0.4) is 0 Å². The van der Waals surface area contributed by atoms with Crippen molar-refractivity contribution in [1.29, 1.82) is 0 Å². The summed E-state index contributed by atoms with van der Waals surface area (Å²) in [4.78, 5) is 14.7. The highest BCUT2D eigenvalue weighted by atomic mass is 16.5. The fourth-order valence-corrected chi connectivity index (χ4v) is 3.39. The number of benzene rings is 2. The maximum absolute atomic E-state index is 12.4. The van der Waals surface area contributed by atoms with Crippen LogP contribution in [0.15, 0.2) is 42.5 Å². The maximum atomic E-state index is 12.4. The molecule has 6 nitrogen and oxygen atoms in total. The van der Waals surface area contributed by atoms with E-state index in [1.165, 1.54) is 5.56 Å². The molecule has 2 aromatic carbocycles. The van der Waals surface area contributed by atoms with Gasteiger partial charge in [0.25, 0.3) is 5.91 Å². The highest BCUT2D eigenvalue weighted by Crippen LogP contribution is 2.29. The molecule has 148 valence electrons. The zero-order chi connectivity index (χ0) is 19.5. The number of carbonyl (C=O) groups is 1. The number of likely N-dealkylation sites (tertiary alicyclic amines) is 1. The molecule has 2 aromatic rings. The SMILES string of the molecule is COc1ccc(CN2CC(Oc3ccccc3C(=O)NC3CC3)C2)cc1OC. The monoisotopic (exact) mass is 382 g/mol. The molecule has 1 amide bonds. The summed E-state index contributed by atoms with van der Waals surface area (Å²) in [5, 5.41) is 3.03. The Hall–Kier alpha value is -2.73. The number of hydrogen-bond donors (Lipinski definition) is 1. The molecule has 1 heterocycles. The summed E-state index contributed by atoms with van der Waals surface area (Å²) in [5.74, 6) is 2.09. The standard InChI is InChI=1S/C22H26N2O4/c1-26-20-10-7-15(11-21(20)27-2)12-24-13-17(14-24)28-19-6-4-3-5-18(19)22(25)23-16-8-9-16/h3-7,10-11,16-17H,8-9,12-14H2,1-2H3,(H,23,25). The van der Waals surface area contributed by atoms with E-state index in [0.29, 0.717) is 17.4 Å². The number of ether oxygens (including phenoxy) is 3. The smallest absolute Gasteiger partial charge is 0.255 e. The van der Waals surface area contributed by atoms with E-state index in [-0.39, 0.29) is 12.0 Å². The van der Waals surface area contributed by atoms with E-state index in [0.717, 1.165) is 44.0 Å². The summed E-state index contributed by atoms with van der Waals surface area (Å²) >= 11 is 0. The molecular formula is C22H26N2O4. The molecule has 4 rings (SSSR count). The summed E-state index contributed by atoms with van der Waals surface area (Å²) in [6.45, 7) is 2.48. The van der Waals surface area contributed by atoms with Gasteiger partial charge in [0.05, 0.1) is 19.8 Å². The first-order chi connectivity index (χ1) is 13.7. The zero-order valence-electron chi connectivity index (χ0n) is 16.3. The second-order valence-electron chi connectivity index (χ2n) is 7.37. The molecule has 28 heavy (non-hydrogen) atoms. The van der Waals surface area contributed by atoms with E-state index >= 15 is 0 Å². The zero-order valence-corrected chi connectivity index (χ0v) is 16.3. The van der Waals surface area contributed by atoms with E-state index in [4.69, 9.17) is 14.2 Å². The van der Waals surface area contributed by atoms with Crippen LogP contribution in [0.2, 0.25) is 0 Å². The van der Waals surface area contributed by atoms with Gasteiger partial charge >= 0.3 is 0 Å². The van der Waals surface area contributed by atoms with Crippen molar-refractivity contribution in [2.75, 3.05) is 27.3 Å². The highest BCUT2D eigenvalue weighted by molar-refractivity contribution is 5.97. The number of nitrogens with zero attached hydrogens (tertiary/aromatic N) is 1. The minimum absolute atomic E-state index is 0.0420. The molecule has 0 aromatic heterocycles. The molecule has 1 aliphatic carbocycles. The second-order valence-corrected chi connectivity index (χ2v) is 7.37. The van der Waals surface area contributed by atoms with Crippen molar-refractivity contribution < 1.29 is 19.0 Å². The topological polar surface area (TPSA) is 60.0 Å². The maximum Gasteiger partial charge on any atom is 0.255 e. The largest absolute Gasteiger partial charge is 0.493 e. The number of amides is 1. The third-order valence-electron chi connectivity index (χ3n) is 5.12. The highest BCUT2D eigenvalue weighted by Gasteiger charge is 2.30. The number of para-hydroxylation sites is 1. The van der Waals surface area contributed by atoms with E-state index in [9.17, 15) is 4.79 Å². The van der Waals surface area contributed by atoms with Crippen molar-refractivity contribution >= 4 is 5.91 Å². The quantitative estimate of drug-likeness (QED) is 0.761. The molecule has 1 saturated heterocycles. The predicted molar refractivity (Wildman–Crippen MR) is 106 cm³/mol. The molecule has 0 spiro atoms. The molecular weight excluding hydrogens is 356 g/mol. The van der Waals surface area contributed by atoms with Crippen LogP contribution in [0.25, 0.3) is 0 Å². The Morgan fingerprint density at radius 3 is 2.50 bits per heavy atom.